The lowest BCUT2D eigenvalue weighted by atomic mass is 9.90. The van der Waals surface area contributed by atoms with E-state index in [-0.39, 0.29) is 0 Å². The summed E-state index contributed by atoms with van der Waals surface area (Å²) in [6.07, 6.45) is 7.73. The van der Waals surface area contributed by atoms with Gasteiger partial charge in [-0.15, -0.1) is 0 Å². The summed E-state index contributed by atoms with van der Waals surface area (Å²) in [6.45, 7) is 4.98. The minimum atomic E-state index is 0.835. The second kappa shape index (κ2) is 1.53. The van der Waals surface area contributed by atoms with Crippen molar-refractivity contribution in [2.75, 3.05) is 0 Å². The molecule has 0 saturated heterocycles. The first-order valence-electron chi connectivity index (χ1n) is 5.22. The number of rotatable bonds is 1. The van der Waals surface area contributed by atoms with Crippen LogP contribution in [0.4, 0.5) is 0 Å². The Bertz CT molecular complexity index is 202. The standard InChI is InChI=1S/C11H18/c1-8-10(2)7-11(8,10)9-5-3-4-6-9/h8-9H,3-7H2,1-2H3/t8-,10?,11?/m1/s1. The highest BCUT2D eigenvalue weighted by Crippen LogP contribution is 2.93. The molecule has 0 heteroatoms. The molecule has 3 rings (SSSR count). The van der Waals surface area contributed by atoms with Crippen LogP contribution in [0.5, 0.6) is 0 Å². The molecular formula is C11H18. The zero-order chi connectivity index (χ0) is 7.69. The summed E-state index contributed by atoms with van der Waals surface area (Å²) in [5.41, 5.74) is 1.73. The molecule has 62 valence electrons. The van der Waals surface area contributed by atoms with E-state index in [0.29, 0.717) is 0 Å². The SMILES string of the molecule is C[C@@H]1C2(C)CC12C1CCCC1. The molecule has 3 atom stereocenters. The van der Waals surface area contributed by atoms with E-state index in [4.69, 9.17) is 0 Å². The van der Waals surface area contributed by atoms with Crippen molar-refractivity contribution in [3.05, 3.63) is 0 Å². The number of hydrogen-bond donors (Lipinski definition) is 0. The predicted octanol–water partition coefficient (Wildman–Crippen LogP) is 3.22. The maximum atomic E-state index is 2.51. The lowest BCUT2D eigenvalue weighted by Gasteiger charge is -2.14. The maximum Gasteiger partial charge on any atom is -0.0176 e. The molecule has 0 radical (unpaired) electrons. The van der Waals surface area contributed by atoms with Crippen molar-refractivity contribution in [2.45, 2.75) is 46.0 Å². The zero-order valence-electron chi connectivity index (χ0n) is 7.69. The molecule has 11 heavy (non-hydrogen) atoms. The van der Waals surface area contributed by atoms with Crippen LogP contribution < -0.4 is 0 Å². The Kier molecular flexibility index (Phi) is 0.906. The molecule has 3 saturated carbocycles. The Balaban J connectivity index is 1.82. The summed E-state index contributed by atoms with van der Waals surface area (Å²) in [6, 6.07) is 0. The normalized spacial score (nSPS) is 61.1. The fraction of sp³-hybridized carbons (Fsp3) is 1.00. The highest BCUT2D eigenvalue weighted by Gasteiger charge is 2.87. The molecule has 0 aliphatic heterocycles. The Hall–Kier alpha value is 0. The Labute approximate surface area is 69.4 Å². The Morgan fingerprint density at radius 1 is 1.18 bits per heavy atom. The number of hydrogen-bond acceptors (Lipinski definition) is 0. The van der Waals surface area contributed by atoms with Gasteiger partial charge in [0.05, 0.1) is 0 Å². The van der Waals surface area contributed by atoms with E-state index in [1.54, 1.807) is 19.3 Å². The van der Waals surface area contributed by atoms with Gasteiger partial charge in [-0.1, -0.05) is 26.7 Å². The second-order valence-corrected chi connectivity index (χ2v) is 5.34. The van der Waals surface area contributed by atoms with Crippen molar-refractivity contribution in [2.24, 2.45) is 22.7 Å². The topological polar surface area (TPSA) is 0 Å². The van der Waals surface area contributed by atoms with E-state index in [0.717, 1.165) is 22.7 Å². The van der Waals surface area contributed by atoms with Crippen molar-refractivity contribution in [1.29, 1.82) is 0 Å². The summed E-state index contributed by atoms with van der Waals surface area (Å²) < 4.78 is 0. The molecule has 3 aliphatic carbocycles. The molecule has 0 spiro atoms. The monoisotopic (exact) mass is 150 g/mol. The third-order valence-electron chi connectivity index (χ3n) is 5.33. The van der Waals surface area contributed by atoms with Gasteiger partial charge in [0.25, 0.3) is 0 Å². The van der Waals surface area contributed by atoms with Crippen LogP contribution >= 0.6 is 0 Å². The lowest BCUT2D eigenvalue weighted by molar-refractivity contribution is 0.346. The van der Waals surface area contributed by atoms with E-state index in [9.17, 15) is 0 Å². The van der Waals surface area contributed by atoms with Crippen LogP contribution in [0.1, 0.15) is 46.0 Å². The summed E-state index contributed by atoms with van der Waals surface area (Å²) >= 11 is 0. The van der Waals surface area contributed by atoms with Gasteiger partial charge in [-0.05, 0) is 41.9 Å². The quantitative estimate of drug-likeness (QED) is 0.538. The highest BCUT2D eigenvalue weighted by molar-refractivity contribution is 5.35. The van der Waals surface area contributed by atoms with E-state index >= 15 is 0 Å². The van der Waals surface area contributed by atoms with Crippen molar-refractivity contribution in [3.63, 3.8) is 0 Å². The van der Waals surface area contributed by atoms with Crippen LogP contribution in [0.2, 0.25) is 0 Å². The maximum absolute atomic E-state index is 2.51. The number of fused-ring (bicyclic) bond motifs is 1. The fourth-order valence-electron chi connectivity index (χ4n) is 4.19. The molecule has 0 aromatic carbocycles. The van der Waals surface area contributed by atoms with Gasteiger partial charge in [-0.2, -0.15) is 0 Å². The van der Waals surface area contributed by atoms with Crippen LogP contribution in [0.25, 0.3) is 0 Å². The van der Waals surface area contributed by atoms with Crippen molar-refractivity contribution < 1.29 is 0 Å². The molecule has 0 nitrogen and oxygen atoms in total. The highest BCUT2D eigenvalue weighted by atomic mass is 14.9. The van der Waals surface area contributed by atoms with Gasteiger partial charge >= 0.3 is 0 Å². The van der Waals surface area contributed by atoms with Gasteiger partial charge in [-0.3, -0.25) is 0 Å². The molecule has 0 heterocycles. The van der Waals surface area contributed by atoms with Crippen LogP contribution in [0.3, 0.4) is 0 Å². The molecule has 0 aromatic rings. The van der Waals surface area contributed by atoms with Crippen molar-refractivity contribution >= 4 is 0 Å². The van der Waals surface area contributed by atoms with Crippen LogP contribution in [0, 0.1) is 22.7 Å². The van der Waals surface area contributed by atoms with E-state index in [2.05, 4.69) is 13.8 Å². The Morgan fingerprint density at radius 3 is 2.09 bits per heavy atom. The third-order valence-corrected chi connectivity index (χ3v) is 5.33. The first kappa shape index (κ1) is 6.51. The molecule has 2 unspecified atom stereocenters. The lowest BCUT2D eigenvalue weighted by Crippen LogP contribution is -2.07. The molecule has 3 aliphatic rings. The molecule has 3 fully saturated rings. The van der Waals surface area contributed by atoms with Gasteiger partial charge < -0.3 is 0 Å². The first-order chi connectivity index (χ1) is 5.22. The van der Waals surface area contributed by atoms with Gasteiger partial charge in [0.2, 0.25) is 0 Å². The van der Waals surface area contributed by atoms with Gasteiger partial charge in [-0.25, -0.2) is 0 Å². The van der Waals surface area contributed by atoms with Crippen molar-refractivity contribution in [3.8, 4) is 0 Å². The van der Waals surface area contributed by atoms with E-state index in [1.807, 2.05) is 0 Å². The summed E-state index contributed by atoms with van der Waals surface area (Å²) in [4.78, 5) is 0. The van der Waals surface area contributed by atoms with Crippen LogP contribution in [-0.2, 0) is 0 Å². The van der Waals surface area contributed by atoms with Crippen LogP contribution in [0.15, 0.2) is 0 Å². The average Bonchev–Trinajstić information content (AvgIpc) is 2.65. The fourth-order valence-corrected chi connectivity index (χ4v) is 4.19. The van der Waals surface area contributed by atoms with Crippen LogP contribution in [-0.4, -0.2) is 0 Å². The molecular weight excluding hydrogens is 132 g/mol. The molecule has 0 aromatic heterocycles. The van der Waals surface area contributed by atoms with Gasteiger partial charge in [0.15, 0.2) is 0 Å². The minimum absolute atomic E-state index is 0.835. The third kappa shape index (κ3) is 0.494. The first-order valence-corrected chi connectivity index (χ1v) is 5.22. The van der Waals surface area contributed by atoms with Gasteiger partial charge in [0, 0.05) is 0 Å². The minimum Gasteiger partial charge on any atom is -0.0614 e. The zero-order valence-corrected chi connectivity index (χ0v) is 7.69. The summed E-state index contributed by atoms with van der Waals surface area (Å²) in [5.74, 6) is 2.22. The molecule has 0 bridgehead atoms. The molecule has 0 amide bonds. The second-order valence-electron chi connectivity index (χ2n) is 5.34. The van der Waals surface area contributed by atoms with E-state index in [1.165, 1.54) is 12.8 Å². The van der Waals surface area contributed by atoms with Crippen molar-refractivity contribution in [1.82, 2.24) is 0 Å². The Morgan fingerprint density at radius 2 is 1.73 bits per heavy atom. The molecule has 0 N–H and O–H groups in total. The largest absolute Gasteiger partial charge is 0.0614 e. The smallest absolute Gasteiger partial charge is 0.0176 e. The van der Waals surface area contributed by atoms with Gasteiger partial charge in [0.1, 0.15) is 0 Å². The average molecular weight is 150 g/mol. The summed E-state index contributed by atoms with van der Waals surface area (Å²) in [5, 5.41) is 0. The predicted molar refractivity (Wildman–Crippen MR) is 46.3 cm³/mol. The van der Waals surface area contributed by atoms with E-state index < -0.39 is 0 Å². The summed E-state index contributed by atoms with van der Waals surface area (Å²) in [7, 11) is 0.